The summed E-state index contributed by atoms with van der Waals surface area (Å²) in [6, 6.07) is 11.0. The van der Waals surface area contributed by atoms with Crippen LogP contribution in [0.5, 0.6) is 0 Å². The number of likely N-dealkylation sites (tertiary alicyclic amines) is 1. The number of nitrogens with zero attached hydrogens (tertiary/aromatic N) is 3. The number of piperazine rings is 1. The molecule has 0 saturated carbocycles. The van der Waals surface area contributed by atoms with Crippen LogP contribution in [0, 0.1) is 11.3 Å². The molecule has 0 aromatic heterocycles. The Labute approximate surface area is 169 Å². The van der Waals surface area contributed by atoms with Gasteiger partial charge >= 0.3 is 0 Å². The second kappa shape index (κ2) is 9.73. The molecule has 2 heterocycles. The lowest BCUT2D eigenvalue weighted by atomic mass is 10.1. The molecule has 1 aromatic carbocycles. The first kappa shape index (κ1) is 21.1. The molecule has 2 unspecified atom stereocenters. The molecule has 2 bridgehead atoms. The molecule has 1 aromatic rings. The van der Waals surface area contributed by atoms with E-state index in [9.17, 15) is 8.42 Å². The van der Waals surface area contributed by atoms with Gasteiger partial charge in [0, 0.05) is 49.7 Å². The quantitative estimate of drug-likeness (QED) is 0.603. The Morgan fingerprint density at radius 3 is 2.39 bits per heavy atom. The number of nitrogens with one attached hydrogen (secondary N) is 1. The standard InChI is InChI=1S/C21H32N4O2S/c1-2-28(26,27)14-4-12-24-16-20-9-10-21(17-24)25(20)13-3-11-23-19-7-5-18(15-22)6-8-19/h5-8,20-21,23H,2-4,9-14,16-17H2,1H3. The molecule has 0 amide bonds. The van der Waals surface area contributed by atoms with E-state index in [1.807, 2.05) is 24.3 Å². The fourth-order valence-electron chi connectivity index (χ4n) is 4.43. The Balaban J connectivity index is 1.37. The van der Waals surface area contributed by atoms with Crippen molar-refractivity contribution in [1.82, 2.24) is 9.80 Å². The van der Waals surface area contributed by atoms with Crippen LogP contribution in [-0.2, 0) is 9.84 Å². The van der Waals surface area contributed by atoms with Crippen molar-refractivity contribution in [3.05, 3.63) is 29.8 Å². The highest BCUT2D eigenvalue weighted by Crippen LogP contribution is 2.30. The van der Waals surface area contributed by atoms with Crippen molar-refractivity contribution < 1.29 is 8.42 Å². The molecule has 7 heteroatoms. The molecule has 0 radical (unpaired) electrons. The zero-order valence-corrected chi connectivity index (χ0v) is 17.6. The minimum atomic E-state index is -2.84. The maximum atomic E-state index is 11.7. The monoisotopic (exact) mass is 404 g/mol. The molecule has 2 aliphatic rings. The molecule has 28 heavy (non-hydrogen) atoms. The van der Waals surface area contributed by atoms with Gasteiger partial charge in [-0.3, -0.25) is 4.90 Å². The van der Waals surface area contributed by atoms with Gasteiger partial charge in [0.15, 0.2) is 0 Å². The summed E-state index contributed by atoms with van der Waals surface area (Å²) < 4.78 is 23.3. The normalized spacial score (nSPS) is 22.9. The van der Waals surface area contributed by atoms with Gasteiger partial charge in [-0.2, -0.15) is 5.26 Å². The van der Waals surface area contributed by atoms with Crippen LogP contribution in [0.3, 0.4) is 0 Å². The van der Waals surface area contributed by atoms with Gasteiger partial charge in [-0.1, -0.05) is 6.92 Å². The highest BCUT2D eigenvalue weighted by molar-refractivity contribution is 7.91. The first-order valence-corrected chi connectivity index (χ1v) is 12.3. The number of anilines is 1. The van der Waals surface area contributed by atoms with Crippen molar-refractivity contribution in [1.29, 1.82) is 5.26 Å². The van der Waals surface area contributed by atoms with E-state index in [0.29, 0.717) is 23.4 Å². The molecular weight excluding hydrogens is 372 g/mol. The molecule has 2 fully saturated rings. The topological polar surface area (TPSA) is 76.4 Å². The van der Waals surface area contributed by atoms with E-state index < -0.39 is 9.84 Å². The minimum Gasteiger partial charge on any atom is -0.385 e. The molecule has 154 valence electrons. The molecule has 2 saturated heterocycles. The van der Waals surface area contributed by atoms with Crippen LogP contribution in [0.4, 0.5) is 5.69 Å². The number of rotatable bonds is 10. The fourth-order valence-corrected chi connectivity index (χ4v) is 5.29. The van der Waals surface area contributed by atoms with E-state index >= 15 is 0 Å². The minimum absolute atomic E-state index is 0.253. The first-order valence-electron chi connectivity index (χ1n) is 10.4. The van der Waals surface area contributed by atoms with Crippen LogP contribution in [-0.4, -0.2) is 74.5 Å². The molecule has 1 N–H and O–H groups in total. The first-order chi connectivity index (χ1) is 13.5. The largest absolute Gasteiger partial charge is 0.385 e. The summed E-state index contributed by atoms with van der Waals surface area (Å²) in [4.78, 5) is 5.14. The van der Waals surface area contributed by atoms with Crippen molar-refractivity contribution >= 4 is 15.5 Å². The fraction of sp³-hybridized carbons (Fsp3) is 0.667. The lowest BCUT2D eigenvalue weighted by Gasteiger charge is -2.41. The van der Waals surface area contributed by atoms with Gasteiger partial charge in [0.2, 0.25) is 0 Å². The number of hydrogen-bond donors (Lipinski definition) is 1. The van der Waals surface area contributed by atoms with Gasteiger partial charge in [0.25, 0.3) is 0 Å². The molecular formula is C21H32N4O2S. The smallest absolute Gasteiger partial charge is 0.150 e. The van der Waals surface area contributed by atoms with E-state index in [1.54, 1.807) is 6.92 Å². The van der Waals surface area contributed by atoms with Crippen LogP contribution < -0.4 is 5.32 Å². The summed E-state index contributed by atoms with van der Waals surface area (Å²) in [6.07, 6.45) is 4.38. The average molecular weight is 405 g/mol. The molecule has 2 aliphatic heterocycles. The summed E-state index contributed by atoms with van der Waals surface area (Å²) in [6.45, 7) is 6.82. The SMILES string of the molecule is CCS(=O)(=O)CCCN1CC2CCC(C1)N2CCCNc1ccc(C#N)cc1. The molecule has 6 nitrogen and oxygen atoms in total. The lowest BCUT2D eigenvalue weighted by molar-refractivity contribution is 0.0670. The molecule has 3 rings (SSSR count). The van der Waals surface area contributed by atoms with E-state index in [1.165, 1.54) is 12.8 Å². The van der Waals surface area contributed by atoms with Gasteiger partial charge in [-0.05, 0) is 56.5 Å². The second-order valence-electron chi connectivity index (χ2n) is 7.94. The van der Waals surface area contributed by atoms with Crippen molar-refractivity contribution in [3.8, 4) is 6.07 Å². The Hall–Kier alpha value is -1.62. The third-order valence-electron chi connectivity index (χ3n) is 6.01. The van der Waals surface area contributed by atoms with Crippen molar-refractivity contribution in [2.75, 3.05) is 49.5 Å². The van der Waals surface area contributed by atoms with Crippen molar-refractivity contribution in [2.45, 2.75) is 44.7 Å². The predicted octanol–water partition coefficient (Wildman–Crippen LogP) is 2.33. The molecule has 0 aliphatic carbocycles. The summed E-state index contributed by atoms with van der Waals surface area (Å²) >= 11 is 0. The highest BCUT2D eigenvalue weighted by atomic mass is 32.2. The third kappa shape index (κ3) is 5.69. The number of fused-ring (bicyclic) bond motifs is 2. The van der Waals surface area contributed by atoms with Gasteiger partial charge in [-0.25, -0.2) is 8.42 Å². The average Bonchev–Trinajstić information content (AvgIpc) is 2.93. The third-order valence-corrected chi connectivity index (χ3v) is 7.81. The summed E-state index contributed by atoms with van der Waals surface area (Å²) in [5.41, 5.74) is 1.75. The summed E-state index contributed by atoms with van der Waals surface area (Å²) in [5.74, 6) is 0.572. The maximum absolute atomic E-state index is 11.7. The molecule has 0 spiro atoms. The number of nitriles is 1. The number of benzene rings is 1. The molecule has 2 atom stereocenters. The zero-order valence-electron chi connectivity index (χ0n) is 16.8. The van der Waals surface area contributed by atoms with E-state index in [-0.39, 0.29) is 5.75 Å². The van der Waals surface area contributed by atoms with E-state index in [2.05, 4.69) is 21.2 Å². The van der Waals surface area contributed by atoms with Crippen LogP contribution in [0.25, 0.3) is 0 Å². The van der Waals surface area contributed by atoms with Crippen molar-refractivity contribution in [2.24, 2.45) is 0 Å². The van der Waals surface area contributed by atoms with Gasteiger partial charge in [-0.15, -0.1) is 0 Å². The number of sulfone groups is 1. The van der Waals surface area contributed by atoms with E-state index in [0.717, 1.165) is 51.3 Å². The van der Waals surface area contributed by atoms with Crippen molar-refractivity contribution in [3.63, 3.8) is 0 Å². The second-order valence-corrected chi connectivity index (χ2v) is 10.4. The Morgan fingerprint density at radius 2 is 1.79 bits per heavy atom. The summed E-state index contributed by atoms with van der Waals surface area (Å²) in [5, 5.41) is 12.3. The maximum Gasteiger partial charge on any atom is 0.150 e. The lowest BCUT2D eigenvalue weighted by Crippen LogP contribution is -2.54. The Morgan fingerprint density at radius 1 is 1.11 bits per heavy atom. The Kier molecular flexibility index (Phi) is 7.33. The predicted molar refractivity (Wildman–Crippen MR) is 113 cm³/mol. The highest BCUT2D eigenvalue weighted by Gasteiger charge is 2.38. The number of hydrogen-bond acceptors (Lipinski definition) is 6. The van der Waals surface area contributed by atoms with E-state index in [4.69, 9.17) is 5.26 Å². The van der Waals surface area contributed by atoms with Gasteiger partial charge in [0.1, 0.15) is 9.84 Å². The van der Waals surface area contributed by atoms with Crippen LogP contribution >= 0.6 is 0 Å². The Bertz CT molecular complexity index is 759. The van der Waals surface area contributed by atoms with Crippen LogP contribution in [0.2, 0.25) is 0 Å². The van der Waals surface area contributed by atoms with Gasteiger partial charge < -0.3 is 10.2 Å². The zero-order chi connectivity index (χ0) is 20.0. The van der Waals surface area contributed by atoms with Gasteiger partial charge in [0.05, 0.1) is 17.4 Å². The summed E-state index contributed by atoms with van der Waals surface area (Å²) in [7, 11) is -2.84. The van der Waals surface area contributed by atoms with Crippen LogP contribution in [0.15, 0.2) is 24.3 Å². The van der Waals surface area contributed by atoms with Crippen LogP contribution in [0.1, 0.15) is 38.2 Å².